The number of aryl methyl sites for hydroxylation is 1. The van der Waals surface area contributed by atoms with Gasteiger partial charge in [-0.3, -0.25) is 4.79 Å². The molecule has 1 N–H and O–H groups in total. The van der Waals surface area contributed by atoms with Gasteiger partial charge in [0.25, 0.3) is 0 Å². The molecule has 0 radical (unpaired) electrons. The van der Waals surface area contributed by atoms with Crippen LogP contribution in [-0.4, -0.2) is 28.2 Å². The lowest BCUT2D eigenvalue weighted by Gasteiger charge is -2.31. The molecule has 4 heteroatoms. The molecule has 1 rings (SSSR count). The van der Waals surface area contributed by atoms with Gasteiger partial charge in [0.05, 0.1) is 5.69 Å². The maximum absolute atomic E-state index is 11.9. The van der Waals surface area contributed by atoms with Gasteiger partial charge < -0.3 is 14.6 Å². The second kappa shape index (κ2) is 6.44. The van der Waals surface area contributed by atoms with Crippen molar-refractivity contribution in [3.63, 3.8) is 0 Å². The number of unbranched alkanes of at least 4 members (excludes halogenated alkanes) is 1. The number of rotatable bonds is 5. The number of hydrogen-bond donors (Lipinski definition) is 1. The average molecular weight is 280 g/mol. The van der Waals surface area contributed by atoms with E-state index in [9.17, 15) is 9.90 Å². The molecule has 0 aliphatic heterocycles. The zero-order chi connectivity index (χ0) is 15.5. The summed E-state index contributed by atoms with van der Waals surface area (Å²) in [5, 5.41) is 10.2. The maximum Gasteiger partial charge on any atom is 0.223 e. The van der Waals surface area contributed by atoms with Gasteiger partial charge in [-0.15, -0.1) is 0 Å². The number of aromatic nitrogens is 1. The first-order chi connectivity index (χ1) is 9.18. The van der Waals surface area contributed by atoms with Crippen molar-refractivity contribution in [2.45, 2.75) is 59.5 Å². The quantitative estimate of drug-likeness (QED) is 0.902. The predicted molar refractivity (Wildman–Crippen MR) is 83.3 cm³/mol. The van der Waals surface area contributed by atoms with Crippen molar-refractivity contribution in [1.29, 1.82) is 0 Å². The fraction of sp³-hybridized carbons (Fsp3) is 0.688. The summed E-state index contributed by atoms with van der Waals surface area (Å²) in [6.07, 6.45) is 2.25. The Kier molecular flexibility index (Phi) is 5.40. The van der Waals surface area contributed by atoms with E-state index in [0.29, 0.717) is 12.2 Å². The van der Waals surface area contributed by atoms with Crippen molar-refractivity contribution >= 4 is 0 Å². The molecule has 1 aromatic rings. The van der Waals surface area contributed by atoms with Gasteiger partial charge in [-0.05, 0) is 47.7 Å². The molecule has 1 heterocycles. The molecule has 0 saturated heterocycles. The molecule has 114 valence electrons. The van der Waals surface area contributed by atoms with Crippen LogP contribution in [0.25, 0.3) is 0 Å². The summed E-state index contributed by atoms with van der Waals surface area (Å²) in [4.78, 5) is 14.0. The Morgan fingerprint density at radius 1 is 1.35 bits per heavy atom. The second-order valence-electron chi connectivity index (χ2n) is 6.54. The Balaban J connectivity index is 3.25. The van der Waals surface area contributed by atoms with E-state index in [1.807, 2.05) is 14.0 Å². The Hall–Kier alpha value is -1.29. The summed E-state index contributed by atoms with van der Waals surface area (Å²) >= 11 is 0. The molecular formula is C16H28N2O2. The topological polar surface area (TPSA) is 45.5 Å². The van der Waals surface area contributed by atoms with E-state index in [0.717, 1.165) is 25.1 Å². The monoisotopic (exact) mass is 280 g/mol. The van der Waals surface area contributed by atoms with Gasteiger partial charge in [0.1, 0.15) is 0 Å². The van der Waals surface area contributed by atoms with Gasteiger partial charge in [0.15, 0.2) is 5.75 Å². The van der Waals surface area contributed by atoms with Crippen molar-refractivity contribution in [1.82, 2.24) is 9.47 Å². The minimum absolute atomic E-state index is 0.117. The highest BCUT2D eigenvalue weighted by Gasteiger charge is 2.22. The third-order valence-corrected chi connectivity index (χ3v) is 3.45. The molecule has 0 atom stereocenters. The molecule has 0 bridgehead atoms. The Morgan fingerprint density at radius 3 is 2.45 bits per heavy atom. The summed E-state index contributed by atoms with van der Waals surface area (Å²) in [6, 6.07) is 1.51. The molecule has 4 nitrogen and oxygen atoms in total. The first-order valence-electron chi connectivity index (χ1n) is 7.32. The van der Waals surface area contributed by atoms with Gasteiger partial charge in [-0.1, -0.05) is 13.3 Å². The molecule has 0 fully saturated rings. The molecule has 0 aromatic carbocycles. The van der Waals surface area contributed by atoms with E-state index in [4.69, 9.17) is 0 Å². The van der Waals surface area contributed by atoms with Crippen LogP contribution in [0.2, 0.25) is 0 Å². The highest BCUT2D eigenvalue weighted by molar-refractivity contribution is 5.31. The molecule has 1 aromatic heterocycles. The Bertz CT molecular complexity index is 512. The van der Waals surface area contributed by atoms with Crippen LogP contribution in [0.3, 0.4) is 0 Å². The van der Waals surface area contributed by atoms with Crippen LogP contribution in [0.4, 0.5) is 0 Å². The lowest BCUT2D eigenvalue weighted by molar-refractivity contribution is 0.279. The van der Waals surface area contributed by atoms with Crippen LogP contribution in [0.15, 0.2) is 10.9 Å². The van der Waals surface area contributed by atoms with Gasteiger partial charge in [0.2, 0.25) is 5.43 Å². The zero-order valence-electron chi connectivity index (χ0n) is 13.7. The van der Waals surface area contributed by atoms with E-state index in [1.165, 1.54) is 6.07 Å². The Morgan fingerprint density at radius 2 is 1.95 bits per heavy atom. The maximum atomic E-state index is 11.9. The third kappa shape index (κ3) is 3.85. The van der Waals surface area contributed by atoms with Gasteiger partial charge in [0, 0.05) is 23.8 Å². The molecule has 0 saturated carbocycles. The highest BCUT2D eigenvalue weighted by Crippen LogP contribution is 2.24. The second-order valence-corrected chi connectivity index (χ2v) is 6.54. The SMILES string of the molecule is CCCCN(C)Cc1c(O)c(=O)cc(C)n1C(C)(C)C. The average Bonchev–Trinajstić information content (AvgIpc) is 2.31. The lowest BCUT2D eigenvalue weighted by atomic mass is 10.1. The predicted octanol–water partition coefficient (Wildman–Crippen LogP) is 2.85. The van der Waals surface area contributed by atoms with Crippen molar-refractivity contribution in [2.75, 3.05) is 13.6 Å². The van der Waals surface area contributed by atoms with Crippen molar-refractivity contribution < 1.29 is 5.11 Å². The van der Waals surface area contributed by atoms with Crippen LogP contribution in [0.5, 0.6) is 5.75 Å². The van der Waals surface area contributed by atoms with Crippen molar-refractivity contribution in [3.8, 4) is 5.75 Å². The summed E-state index contributed by atoms with van der Waals surface area (Å²) in [5.74, 6) is -0.117. The zero-order valence-corrected chi connectivity index (χ0v) is 13.7. The normalized spacial score (nSPS) is 12.2. The minimum Gasteiger partial charge on any atom is -0.503 e. The van der Waals surface area contributed by atoms with Gasteiger partial charge in [-0.2, -0.15) is 0 Å². The number of hydrogen-bond acceptors (Lipinski definition) is 3. The van der Waals surface area contributed by atoms with Crippen molar-refractivity contribution in [3.05, 3.63) is 27.7 Å². The van der Waals surface area contributed by atoms with Crippen LogP contribution in [0.1, 0.15) is 51.9 Å². The summed E-state index contributed by atoms with van der Waals surface area (Å²) in [7, 11) is 2.02. The van der Waals surface area contributed by atoms with Crippen molar-refractivity contribution in [2.24, 2.45) is 0 Å². The summed E-state index contributed by atoms with van der Waals surface area (Å²) in [5.41, 5.74) is 1.14. The largest absolute Gasteiger partial charge is 0.503 e. The molecule has 0 spiro atoms. The van der Waals surface area contributed by atoms with Gasteiger partial charge in [-0.25, -0.2) is 0 Å². The molecule has 0 unspecified atom stereocenters. The fourth-order valence-electron chi connectivity index (χ4n) is 2.63. The van der Waals surface area contributed by atoms with E-state index < -0.39 is 0 Å². The van der Waals surface area contributed by atoms with Gasteiger partial charge >= 0.3 is 0 Å². The fourth-order valence-corrected chi connectivity index (χ4v) is 2.63. The summed E-state index contributed by atoms with van der Waals surface area (Å²) in [6.45, 7) is 11.9. The number of nitrogens with zero attached hydrogens (tertiary/aromatic N) is 2. The third-order valence-electron chi connectivity index (χ3n) is 3.45. The van der Waals surface area contributed by atoms with E-state index in [2.05, 4.69) is 37.2 Å². The van der Waals surface area contributed by atoms with Crippen LogP contribution < -0.4 is 5.43 Å². The van der Waals surface area contributed by atoms with Crippen LogP contribution in [-0.2, 0) is 12.1 Å². The van der Waals surface area contributed by atoms with E-state index in [1.54, 1.807) is 0 Å². The van der Waals surface area contributed by atoms with E-state index in [-0.39, 0.29) is 16.7 Å². The standard InChI is InChI=1S/C16H28N2O2/c1-7-8-9-17(6)11-13-15(20)14(19)10-12(2)18(13)16(3,4)5/h10,20H,7-9,11H2,1-6H3. The Labute approximate surface area is 122 Å². The molecular weight excluding hydrogens is 252 g/mol. The first-order valence-corrected chi connectivity index (χ1v) is 7.32. The van der Waals surface area contributed by atoms with Crippen LogP contribution in [0, 0.1) is 6.92 Å². The number of aromatic hydroxyl groups is 1. The van der Waals surface area contributed by atoms with Crippen LogP contribution >= 0.6 is 0 Å². The molecule has 0 amide bonds. The smallest absolute Gasteiger partial charge is 0.223 e. The molecule has 0 aliphatic carbocycles. The minimum atomic E-state index is -0.290. The van der Waals surface area contributed by atoms with E-state index >= 15 is 0 Å². The lowest BCUT2D eigenvalue weighted by Crippen LogP contribution is -2.32. The first kappa shape index (κ1) is 16.8. The molecule has 20 heavy (non-hydrogen) atoms. The number of pyridine rings is 1. The highest BCUT2D eigenvalue weighted by atomic mass is 16.3. The molecule has 0 aliphatic rings. The summed E-state index contributed by atoms with van der Waals surface area (Å²) < 4.78 is 2.06.